The van der Waals surface area contributed by atoms with Crippen molar-refractivity contribution >= 4 is 112 Å². The number of anilines is 4. The van der Waals surface area contributed by atoms with E-state index in [4.69, 9.17) is 15.0 Å². The van der Waals surface area contributed by atoms with Crippen LogP contribution in [0.1, 0.15) is 85.4 Å². The van der Waals surface area contributed by atoms with E-state index in [9.17, 15) is 27.2 Å². The number of rotatable bonds is 16. The number of imidazole rings is 4. The summed E-state index contributed by atoms with van der Waals surface area (Å²) in [6, 6.07) is 45.0. The second kappa shape index (κ2) is 33.2. The Morgan fingerprint density at radius 1 is 0.350 bits per heavy atom. The Bertz CT molecular complexity index is 7210. The van der Waals surface area contributed by atoms with Gasteiger partial charge in [0.05, 0.1) is 117 Å². The highest BCUT2D eigenvalue weighted by molar-refractivity contribution is 5.91. The van der Waals surface area contributed by atoms with Gasteiger partial charge in [0.25, 0.3) is 0 Å². The van der Waals surface area contributed by atoms with Crippen molar-refractivity contribution in [3.05, 3.63) is 290 Å². The Labute approximate surface area is 676 Å². The Morgan fingerprint density at radius 3 is 1.29 bits per heavy atom. The fraction of sp³-hybridized carbons (Fsp3) is 0.105. The SMILES string of the molecule is C[C@H](Nc1ncnc2nc[nH]c12)c1cc2c(F)cc(F)cc2nc1-c1ccccn1.C[C@H](Nc1ncnc2nc[nH]c12)c1cc2cccc(C#N)c2nc1-c1ccccn1.C[C@H](Nc1ncnc2nc[nH]c12)c1cc2cccc(F)c2nc1-c1cc(F)cc(F)c1.Cc1ccc2nc([C@H](C)Nc3ncnc4nc[nH]c34)c(-c3ccccn3)nc2c1. The largest absolute Gasteiger partial charge is 0.362 e. The lowest BCUT2D eigenvalue weighted by atomic mass is 9.98. The molecule has 0 bridgehead atoms. The van der Waals surface area contributed by atoms with Gasteiger partial charge in [0.2, 0.25) is 0 Å². The number of nitrogens with one attached hydrogen (secondary N) is 8. The van der Waals surface area contributed by atoms with E-state index in [0.717, 1.165) is 79.2 Å². The number of hydrogen-bond donors (Lipinski definition) is 8. The molecule has 0 unspecified atom stereocenters. The minimum atomic E-state index is -0.744. The molecule has 20 rings (SSSR count). The number of fused-ring (bicyclic) bond motifs is 8. The van der Waals surface area contributed by atoms with Crippen LogP contribution >= 0.6 is 0 Å². The second-order valence-corrected chi connectivity index (χ2v) is 27.5. The normalized spacial score (nSPS) is 12.3. The molecule has 15 heterocycles. The summed E-state index contributed by atoms with van der Waals surface area (Å²) in [4.78, 5) is 99.6. The predicted molar refractivity (Wildman–Crippen MR) is 444 cm³/mol. The van der Waals surface area contributed by atoms with E-state index in [1.807, 2.05) is 107 Å². The first-order valence-corrected chi connectivity index (χ1v) is 37.4. The van der Waals surface area contributed by atoms with Crippen LogP contribution in [0.25, 0.3) is 134 Å². The Morgan fingerprint density at radius 2 is 0.792 bits per heavy atom. The maximum Gasteiger partial charge on any atom is 0.182 e. The third kappa shape index (κ3) is 15.9. The summed E-state index contributed by atoms with van der Waals surface area (Å²) in [7, 11) is 0. The molecule has 15 aromatic heterocycles. The smallest absolute Gasteiger partial charge is 0.182 e. The van der Waals surface area contributed by atoms with Gasteiger partial charge in [-0.15, -0.1) is 0 Å². The molecule has 588 valence electrons. The molecule has 0 aliphatic carbocycles. The predicted octanol–water partition coefficient (Wildman–Crippen LogP) is 17.4. The van der Waals surface area contributed by atoms with E-state index in [0.29, 0.717) is 95.9 Å². The topological polar surface area (TPSA) is 393 Å². The van der Waals surface area contributed by atoms with Gasteiger partial charge in [-0.2, -0.15) is 5.26 Å². The van der Waals surface area contributed by atoms with Crippen LogP contribution in [0.3, 0.4) is 0 Å². The van der Waals surface area contributed by atoms with Gasteiger partial charge in [-0.05, 0) is 131 Å². The quantitative estimate of drug-likeness (QED) is 0.0417. The van der Waals surface area contributed by atoms with E-state index in [2.05, 4.69) is 138 Å². The van der Waals surface area contributed by atoms with Crippen molar-refractivity contribution in [1.29, 1.82) is 5.26 Å². The molecule has 0 fully saturated rings. The third-order valence-corrected chi connectivity index (χ3v) is 19.5. The minimum Gasteiger partial charge on any atom is -0.362 e. The number of aromatic nitrogens is 24. The third-order valence-electron chi connectivity index (χ3n) is 19.5. The first-order chi connectivity index (χ1) is 58.5. The number of benzene rings is 5. The van der Waals surface area contributed by atoms with Crippen molar-refractivity contribution in [2.24, 2.45) is 0 Å². The van der Waals surface area contributed by atoms with Crippen molar-refractivity contribution in [2.75, 3.05) is 21.3 Å². The monoisotopic (exact) mass is 1600 g/mol. The fourth-order valence-corrected chi connectivity index (χ4v) is 13.8. The summed E-state index contributed by atoms with van der Waals surface area (Å²) in [5, 5.41) is 24.6. The van der Waals surface area contributed by atoms with Crippen LogP contribution in [0.4, 0.5) is 45.2 Å². The zero-order valence-corrected chi connectivity index (χ0v) is 64.0. The van der Waals surface area contributed by atoms with Crippen LogP contribution in [0.5, 0.6) is 0 Å². The van der Waals surface area contributed by atoms with Crippen LogP contribution in [0, 0.1) is 47.3 Å². The van der Waals surface area contributed by atoms with Crippen molar-refractivity contribution in [2.45, 2.75) is 58.8 Å². The Balaban J connectivity index is 0.000000114. The first kappa shape index (κ1) is 76.3. The molecule has 120 heavy (non-hydrogen) atoms. The number of aromatic amines is 4. The van der Waals surface area contributed by atoms with Crippen LogP contribution < -0.4 is 21.3 Å². The zero-order valence-electron chi connectivity index (χ0n) is 64.0. The van der Waals surface area contributed by atoms with Gasteiger partial charge in [0.15, 0.2) is 45.9 Å². The molecule has 8 N–H and O–H groups in total. The molecule has 20 aromatic rings. The Hall–Kier alpha value is -16.3. The Kier molecular flexibility index (Phi) is 21.1. The number of nitrogens with zero attached hydrogens (tertiary/aromatic N) is 21. The van der Waals surface area contributed by atoms with Gasteiger partial charge in [0, 0.05) is 75.2 Å². The lowest BCUT2D eigenvalue weighted by Gasteiger charge is -2.19. The summed E-state index contributed by atoms with van der Waals surface area (Å²) < 4.78 is 70.5. The van der Waals surface area contributed by atoms with Crippen molar-refractivity contribution in [3.8, 4) is 51.5 Å². The van der Waals surface area contributed by atoms with E-state index >= 15 is 0 Å². The van der Waals surface area contributed by atoms with Crippen LogP contribution in [-0.4, -0.2) is 120 Å². The lowest BCUT2D eigenvalue weighted by Crippen LogP contribution is -2.13. The molecule has 4 atom stereocenters. The van der Waals surface area contributed by atoms with Gasteiger partial charge < -0.3 is 41.2 Å². The minimum absolute atomic E-state index is 0.121. The standard InChI is InChI=1S/C22H15F3N6.C22H16N8.C21H15F2N7.C21H18N8/c1-11(30-22-20-21(27-9-26-20)28-10-29-22)16-7-12-3-2-4-17(25)19(12)31-18(16)13-5-14(23)8-15(24)6-13;1-13(29-22-20-21(26-11-25-20)27-12-28-22)16-9-14-5-4-6-15(10-23)18(14)30-19(16)17-7-2-3-8-24-17;1-11(29-21-19-20(26-9-25-19)27-10-28-21)13-8-14-15(23)6-12(22)7-17(14)30-18(13)16-4-2-3-5-24-16;1-12-6-7-14-16(9-12)29-18(15-5-3-4-8-22-15)17(28-14)13(2)27-21-19-20(24-10-23-19)25-11-26-21/h2-11H,1H3,(H2,26,27,28,29,30);2-9,11-13H,1H3,(H2,25,26,27,28,29);2-11H,1H3,(H2,25,26,27,28,29);3-11,13H,1-2H3,(H2,23,24,25,26,27)/t11-;13-;11-;13-/m0000/s1. The molecule has 5 aromatic carbocycles. The molecule has 0 saturated carbocycles. The van der Waals surface area contributed by atoms with Gasteiger partial charge in [-0.25, -0.2) is 107 Å². The molecular formula is C86H64F5N29. The molecule has 0 saturated heterocycles. The summed E-state index contributed by atoms with van der Waals surface area (Å²) in [5.74, 6) is -0.975. The zero-order chi connectivity index (χ0) is 82.5. The molecule has 0 amide bonds. The average Bonchev–Trinajstić information content (AvgIpc) is 1.00. The fourth-order valence-electron chi connectivity index (χ4n) is 13.8. The first-order valence-electron chi connectivity index (χ1n) is 37.4. The molecular weight excluding hydrogens is 1530 g/mol. The van der Waals surface area contributed by atoms with E-state index < -0.39 is 35.1 Å². The highest BCUT2D eigenvalue weighted by atomic mass is 19.1. The molecule has 0 aliphatic rings. The van der Waals surface area contributed by atoms with Crippen LogP contribution in [-0.2, 0) is 0 Å². The number of pyridine rings is 6. The van der Waals surface area contributed by atoms with Gasteiger partial charge in [0.1, 0.15) is 93.7 Å². The van der Waals surface area contributed by atoms with Gasteiger partial charge in [-0.3, -0.25) is 15.0 Å². The average molecular weight is 1600 g/mol. The van der Waals surface area contributed by atoms with Crippen LogP contribution in [0.2, 0.25) is 0 Å². The van der Waals surface area contributed by atoms with Gasteiger partial charge in [-0.1, -0.05) is 48.5 Å². The number of para-hydroxylation sites is 2. The van der Waals surface area contributed by atoms with Gasteiger partial charge >= 0.3 is 0 Å². The van der Waals surface area contributed by atoms with E-state index in [1.54, 1.807) is 73.7 Å². The number of nitriles is 1. The van der Waals surface area contributed by atoms with E-state index in [1.165, 1.54) is 62.2 Å². The molecule has 0 radical (unpaired) electrons. The summed E-state index contributed by atoms with van der Waals surface area (Å²) in [6.07, 6.45) is 17.2. The highest BCUT2D eigenvalue weighted by Crippen LogP contribution is 2.38. The van der Waals surface area contributed by atoms with Crippen molar-refractivity contribution in [3.63, 3.8) is 0 Å². The second-order valence-electron chi connectivity index (χ2n) is 27.5. The molecule has 29 nitrogen and oxygen atoms in total. The number of halogens is 5. The number of aryl methyl sites for hydroxylation is 1. The number of H-pyrrole nitrogens is 4. The number of hydrogen-bond acceptors (Lipinski definition) is 25. The maximum absolute atomic E-state index is 14.5. The van der Waals surface area contributed by atoms with Crippen molar-refractivity contribution < 1.29 is 22.0 Å². The van der Waals surface area contributed by atoms with Crippen molar-refractivity contribution in [1.82, 2.24) is 120 Å². The summed E-state index contributed by atoms with van der Waals surface area (Å²) >= 11 is 0. The summed E-state index contributed by atoms with van der Waals surface area (Å²) in [6.45, 7) is 9.87. The highest BCUT2D eigenvalue weighted by Gasteiger charge is 2.26. The molecule has 0 spiro atoms. The maximum atomic E-state index is 14.5. The summed E-state index contributed by atoms with van der Waals surface area (Å²) in [5.41, 5.74) is 17.0. The molecule has 0 aliphatic heterocycles. The molecule has 34 heteroatoms. The lowest BCUT2D eigenvalue weighted by molar-refractivity contribution is 0.584. The van der Waals surface area contributed by atoms with E-state index in [-0.39, 0.29) is 45.8 Å². The van der Waals surface area contributed by atoms with Crippen LogP contribution in [0.15, 0.2) is 227 Å².